The van der Waals surface area contributed by atoms with Crippen LogP contribution in [0.25, 0.3) is 0 Å². The van der Waals surface area contributed by atoms with Crippen LogP contribution in [0, 0.1) is 5.92 Å². The standard InChI is InChI=1S/C21H31N3O4.ClH/c1-27-17-4-5-18(19(15-17)28-2)21(26)24-13-11-23(12-14-24)20(25)6-3-16-7-9-22-10-8-16;/h4-5,15-16,22H,3,6-14H2,1-2H3;1H. The zero-order valence-electron chi connectivity index (χ0n) is 17.3. The van der Waals surface area contributed by atoms with Gasteiger partial charge in [0.1, 0.15) is 11.5 Å². The summed E-state index contributed by atoms with van der Waals surface area (Å²) >= 11 is 0. The number of hydrogen-bond donors (Lipinski definition) is 1. The topological polar surface area (TPSA) is 71.1 Å². The van der Waals surface area contributed by atoms with Crippen LogP contribution in [0.3, 0.4) is 0 Å². The molecule has 0 aliphatic carbocycles. The lowest BCUT2D eigenvalue weighted by Gasteiger charge is -2.35. The van der Waals surface area contributed by atoms with Crippen LogP contribution in [-0.2, 0) is 4.79 Å². The molecule has 2 saturated heterocycles. The van der Waals surface area contributed by atoms with E-state index in [0.29, 0.717) is 55.6 Å². The second-order valence-electron chi connectivity index (χ2n) is 7.47. The number of hydrogen-bond acceptors (Lipinski definition) is 5. The van der Waals surface area contributed by atoms with Crippen molar-refractivity contribution in [2.24, 2.45) is 5.92 Å². The molecule has 0 spiro atoms. The number of carbonyl (C=O) groups is 2. The molecule has 0 bridgehead atoms. The Hall–Kier alpha value is -1.99. The highest BCUT2D eigenvalue weighted by Crippen LogP contribution is 2.26. The molecule has 0 saturated carbocycles. The zero-order valence-corrected chi connectivity index (χ0v) is 18.1. The van der Waals surface area contributed by atoms with Crippen molar-refractivity contribution >= 4 is 24.2 Å². The van der Waals surface area contributed by atoms with Gasteiger partial charge in [-0.1, -0.05) is 0 Å². The molecular formula is C21H32ClN3O4. The van der Waals surface area contributed by atoms with Gasteiger partial charge in [-0.25, -0.2) is 0 Å². The van der Waals surface area contributed by atoms with Crippen molar-refractivity contribution < 1.29 is 19.1 Å². The number of nitrogens with one attached hydrogen (secondary N) is 1. The second kappa shape index (κ2) is 11.3. The third kappa shape index (κ3) is 6.00. The first-order chi connectivity index (χ1) is 13.6. The summed E-state index contributed by atoms with van der Waals surface area (Å²) in [6.45, 7) is 4.41. The van der Waals surface area contributed by atoms with Gasteiger partial charge in [-0.2, -0.15) is 0 Å². The lowest BCUT2D eigenvalue weighted by atomic mass is 9.93. The largest absolute Gasteiger partial charge is 0.497 e. The number of halogens is 1. The third-order valence-corrected chi connectivity index (χ3v) is 5.78. The first-order valence-corrected chi connectivity index (χ1v) is 10.1. The summed E-state index contributed by atoms with van der Waals surface area (Å²) in [5.74, 6) is 1.96. The Morgan fingerprint density at radius 2 is 1.69 bits per heavy atom. The van der Waals surface area contributed by atoms with E-state index in [1.165, 1.54) is 12.8 Å². The van der Waals surface area contributed by atoms with E-state index in [1.807, 2.05) is 4.90 Å². The Labute approximate surface area is 179 Å². The van der Waals surface area contributed by atoms with E-state index in [2.05, 4.69) is 5.32 Å². The highest BCUT2D eigenvalue weighted by atomic mass is 35.5. The van der Waals surface area contributed by atoms with Gasteiger partial charge < -0.3 is 24.6 Å². The van der Waals surface area contributed by atoms with E-state index in [0.717, 1.165) is 19.5 Å². The molecule has 3 rings (SSSR count). The molecule has 1 aromatic carbocycles. The molecule has 1 N–H and O–H groups in total. The number of ether oxygens (including phenoxy) is 2. The number of rotatable bonds is 6. The van der Waals surface area contributed by atoms with Gasteiger partial charge in [0.25, 0.3) is 5.91 Å². The van der Waals surface area contributed by atoms with Crippen molar-refractivity contribution in [2.45, 2.75) is 25.7 Å². The summed E-state index contributed by atoms with van der Waals surface area (Å²) < 4.78 is 10.5. The van der Waals surface area contributed by atoms with Crippen LogP contribution in [0.2, 0.25) is 0 Å². The molecule has 2 amide bonds. The van der Waals surface area contributed by atoms with E-state index < -0.39 is 0 Å². The molecule has 2 heterocycles. The maximum atomic E-state index is 12.9. The molecule has 8 heteroatoms. The molecule has 2 aliphatic rings. The molecule has 0 aromatic heterocycles. The Balaban J connectivity index is 0.00000300. The lowest BCUT2D eigenvalue weighted by Crippen LogP contribution is -2.50. The molecule has 0 radical (unpaired) electrons. The van der Waals surface area contributed by atoms with Gasteiger partial charge in [-0.05, 0) is 50.4 Å². The summed E-state index contributed by atoms with van der Waals surface area (Å²) in [4.78, 5) is 29.1. The highest BCUT2D eigenvalue weighted by Gasteiger charge is 2.27. The van der Waals surface area contributed by atoms with E-state index in [9.17, 15) is 9.59 Å². The summed E-state index contributed by atoms with van der Waals surface area (Å²) in [6, 6.07) is 5.21. The third-order valence-electron chi connectivity index (χ3n) is 5.78. The van der Waals surface area contributed by atoms with Crippen molar-refractivity contribution in [1.29, 1.82) is 0 Å². The summed E-state index contributed by atoms with van der Waals surface area (Å²) in [5.41, 5.74) is 0.522. The van der Waals surface area contributed by atoms with Crippen LogP contribution in [0.15, 0.2) is 18.2 Å². The number of piperidine rings is 1. The number of methoxy groups -OCH3 is 2. The average molecular weight is 426 g/mol. The molecule has 0 unspecified atom stereocenters. The zero-order chi connectivity index (χ0) is 19.9. The molecule has 2 fully saturated rings. The van der Waals surface area contributed by atoms with Crippen LogP contribution in [0.4, 0.5) is 0 Å². The number of benzene rings is 1. The Morgan fingerprint density at radius 1 is 1.03 bits per heavy atom. The highest BCUT2D eigenvalue weighted by molar-refractivity contribution is 5.97. The van der Waals surface area contributed by atoms with Crippen molar-refractivity contribution in [2.75, 3.05) is 53.5 Å². The first-order valence-electron chi connectivity index (χ1n) is 10.1. The Morgan fingerprint density at radius 3 is 2.31 bits per heavy atom. The summed E-state index contributed by atoms with van der Waals surface area (Å²) in [7, 11) is 3.13. The predicted molar refractivity (Wildman–Crippen MR) is 114 cm³/mol. The summed E-state index contributed by atoms with van der Waals surface area (Å²) in [5, 5.41) is 3.36. The van der Waals surface area contributed by atoms with Crippen LogP contribution in [0.5, 0.6) is 11.5 Å². The van der Waals surface area contributed by atoms with E-state index >= 15 is 0 Å². The van der Waals surface area contributed by atoms with Crippen molar-refractivity contribution in [3.63, 3.8) is 0 Å². The van der Waals surface area contributed by atoms with Gasteiger partial charge in [0.15, 0.2) is 0 Å². The molecule has 0 atom stereocenters. The Kier molecular flexibility index (Phi) is 9.04. The van der Waals surface area contributed by atoms with Gasteiger partial charge in [0.05, 0.1) is 19.8 Å². The molecule has 162 valence electrons. The number of piperazine rings is 1. The van der Waals surface area contributed by atoms with Crippen molar-refractivity contribution in [1.82, 2.24) is 15.1 Å². The maximum absolute atomic E-state index is 12.9. The van der Waals surface area contributed by atoms with Gasteiger partial charge in [0, 0.05) is 38.7 Å². The maximum Gasteiger partial charge on any atom is 0.257 e. The minimum atomic E-state index is -0.0682. The van der Waals surface area contributed by atoms with Gasteiger partial charge in [-0.3, -0.25) is 9.59 Å². The summed E-state index contributed by atoms with van der Waals surface area (Å²) in [6.07, 6.45) is 3.92. The number of amides is 2. The van der Waals surface area contributed by atoms with Crippen molar-refractivity contribution in [3.8, 4) is 11.5 Å². The van der Waals surface area contributed by atoms with E-state index in [1.54, 1.807) is 37.3 Å². The molecule has 2 aliphatic heterocycles. The minimum absolute atomic E-state index is 0. The fraction of sp³-hybridized carbons (Fsp3) is 0.619. The second-order valence-corrected chi connectivity index (χ2v) is 7.47. The monoisotopic (exact) mass is 425 g/mol. The number of carbonyl (C=O) groups excluding carboxylic acids is 2. The first kappa shape index (κ1) is 23.3. The fourth-order valence-electron chi connectivity index (χ4n) is 3.96. The lowest BCUT2D eigenvalue weighted by molar-refractivity contribution is -0.133. The predicted octanol–water partition coefficient (Wildman–Crippen LogP) is 2.19. The molecule has 29 heavy (non-hydrogen) atoms. The van der Waals surface area contributed by atoms with Gasteiger partial charge in [0.2, 0.25) is 5.91 Å². The Bertz CT molecular complexity index is 687. The van der Waals surface area contributed by atoms with Crippen LogP contribution in [-0.4, -0.2) is 75.1 Å². The normalized spacial score (nSPS) is 17.4. The minimum Gasteiger partial charge on any atom is -0.497 e. The van der Waals surface area contributed by atoms with Crippen LogP contribution < -0.4 is 14.8 Å². The molecule has 7 nitrogen and oxygen atoms in total. The van der Waals surface area contributed by atoms with Crippen LogP contribution in [0.1, 0.15) is 36.0 Å². The SMILES string of the molecule is COc1ccc(C(=O)N2CCN(C(=O)CCC3CCNCC3)CC2)c(OC)c1.Cl. The van der Waals surface area contributed by atoms with E-state index in [4.69, 9.17) is 9.47 Å². The smallest absolute Gasteiger partial charge is 0.257 e. The fourth-order valence-corrected chi connectivity index (χ4v) is 3.96. The number of nitrogens with zero attached hydrogens (tertiary/aromatic N) is 2. The van der Waals surface area contributed by atoms with Crippen LogP contribution >= 0.6 is 12.4 Å². The molecule has 1 aromatic rings. The molecular weight excluding hydrogens is 394 g/mol. The van der Waals surface area contributed by atoms with Gasteiger partial charge in [-0.15, -0.1) is 12.4 Å². The van der Waals surface area contributed by atoms with Gasteiger partial charge >= 0.3 is 0 Å². The van der Waals surface area contributed by atoms with Crippen molar-refractivity contribution in [3.05, 3.63) is 23.8 Å². The van der Waals surface area contributed by atoms with E-state index in [-0.39, 0.29) is 24.2 Å². The average Bonchev–Trinajstić information content (AvgIpc) is 2.77. The quantitative estimate of drug-likeness (QED) is 0.756.